The van der Waals surface area contributed by atoms with Gasteiger partial charge in [0.2, 0.25) is 0 Å². The number of carbonyl (C=O) groups is 1. The molecule has 2 rings (SSSR count). The maximum absolute atomic E-state index is 10.7. The summed E-state index contributed by atoms with van der Waals surface area (Å²) in [6, 6.07) is 3.20. The molecule has 0 bridgehead atoms. The molecule has 1 aromatic rings. The maximum Gasteiger partial charge on any atom is 0.354 e. The minimum Gasteiger partial charge on any atom is -0.477 e. The number of pyridine rings is 1. The van der Waals surface area contributed by atoms with E-state index in [9.17, 15) is 9.90 Å². The predicted octanol–water partition coefficient (Wildman–Crippen LogP) is 1.52. The Morgan fingerprint density at radius 3 is 2.61 bits per heavy atom. The number of likely N-dealkylation sites (N-methyl/N-ethyl adjacent to an activating group) is 1. The van der Waals surface area contributed by atoms with E-state index in [2.05, 4.69) is 4.98 Å². The van der Waals surface area contributed by atoms with Gasteiger partial charge in [0, 0.05) is 13.6 Å². The molecule has 1 aromatic heterocycles. The second-order valence-corrected chi connectivity index (χ2v) is 4.99. The van der Waals surface area contributed by atoms with Crippen molar-refractivity contribution in [1.29, 1.82) is 0 Å². The standard InChI is InChI=1S/C13H18N2O3/c1-15(9-13(18)6-2-3-7-13)10-4-5-11(12(16)17)14-8-10/h4-5,8,18H,2-3,6-7,9H2,1H3,(H,16,17). The molecule has 0 unspecified atom stereocenters. The fourth-order valence-corrected chi connectivity index (χ4v) is 2.46. The number of aromatic nitrogens is 1. The Hall–Kier alpha value is -1.62. The third-order valence-electron chi connectivity index (χ3n) is 3.47. The van der Waals surface area contributed by atoms with E-state index in [1.807, 2.05) is 11.9 Å². The molecule has 1 aliphatic rings. The van der Waals surface area contributed by atoms with Gasteiger partial charge in [-0.3, -0.25) is 0 Å². The molecular weight excluding hydrogens is 232 g/mol. The number of nitrogens with zero attached hydrogens (tertiary/aromatic N) is 2. The zero-order chi connectivity index (χ0) is 13.2. The van der Waals surface area contributed by atoms with Crippen molar-refractivity contribution in [3.8, 4) is 0 Å². The summed E-state index contributed by atoms with van der Waals surface area (Å²) in [5.74, 6) is -1.03. The molecule has 0 radical (unpaired) electrons. The summed E-state index contributed by atoms with van der Waals surface area (Å²) in [4.78, 5) is 16.5. The fourth-order valence-electron chi connectivity index (χ4n) is 2.46. The van der Waals surface area contributed by atoms with Crippen molar-refractivity contribution in [2.24, 2.45) is 0 Å². The largest absolute Gasteiger partial charge is 0.477 e. The highest BCUT2D eigenvalue weighted by atomic mass is 16.4. The molecule has 0 aliphatic heterocycles. The van der Waals surface area contributed by atoms with Crippen molar-refractivity contribution in [2.75, 3.05) is 18.5 Å². The molecular formula is C13H18N2O3. The van der Waals surface area contributed by atoms with Crippen LogP contribution in [0.2, 0.25) is 0 Å². The number of rotatable bonds is 4. The number of aliphatic hydroxyl groups is 1. The van der Waals surface area contributed by atoms with Crippen LogP contribution in [0.5, 0.6) is 0 Å². The third-order valence-corrected chi connectivity index (χ3v) is 3.47. The minimum absolute atomic E-state index is 0.0340. The molecule has 0 spiro atoms. The first kappa shape index (κ1) is 12.8. The number of carboxylic acids is 1. The van der Waals surface area contributed by atoms with Crippen molar-refractivity contribution in [3.63, 3.8) is 0 Å². The molecule has 1 heterocycles. The summed E-state index contributed by atoms with van der Waals surface area (Å²) in [7, 11) is 1.88. The molecule has 2 N–H and O–H groups in total. The lowest BCUT2D eigenvalue weighted by molar-refractivity contribution is 0.0558. The van der Waals surface area contributed by atoms with Crippen LogP contribution in [0, 0.1) is 0 Å². The molecule has 5 nitrogen and oxygen atoms in total. The molecule has 5 heteroatoms. The van der Waals surface area contributed by atoms with E-state index >= 15 is 0 Å². The highest BCUT2D eigenvalue weighted by Gasteiger charge is 2.32. The van der Waals surface area contributed by atoms with Crippen LogP contribution >= 0.6 is 0 Å². The maximum atomic E-state index is 10.7. The Kier molecular flexibility index (Phi) is 3.52. The summed E-state index contributed by atoms with van der Waals surface area (Å²) in [6.07, 6.45) is 5.33. The van der Waals surface area contributed by atoms with Gasteiger partial charge in [-0.25, -0.2) is 9.78 Å². The van der Waals surface area contributed by atoms with E-state index in [1.165, 1.54) is 12.3 Å². The van der Waals surface area contributed by atoms with Gasteiger partial charge in [0.1, 0.15) is 5.69 Å². The van der Waals surface area contributed by atoms with Crippen LogP contribution < -0.4 is 4.90 Å². The van der Waals surface area contributed by atoms with Crippen LogP contribution in [0.15, 0.2) is 18.3 Å². The van der Waals surface area contributed by atoms with Crippen molar-refractivity contribution in [1.82, 2.24) is 4.98 Å². The second kappa shape index (κ2) is 4.94. The zero-order valence-corrected chi connectivity index (χ0v) is 10.5. The Morgan fingerprint density at radius 2 is 2.11 bits per heavy atom. The lowest BCUT2D eigenvalue weighted by Crippen LogP contribution is -2.39. The molecule has 0 amide bonds. The van der Waals surface area contributed by atoms with Gasteiger partial charge in [0.05, 0.1) is 17.5 Å². The first-order valence-corrected chi connectivity index (χ1v) is 6.13. The number of carboxylic acid groups (broad SMARTS) is 1. The Labute approximate surface area is 106 Å². The van der Waals surface area contributed by atoms with Crippen LogP contribution in [0.1, 0.15) is 36.2 Å². The lowest BCUT2D eigenvalue weighted by Gasteiger charge is -2.29. The van der Waals surface area contributed by atoms with E-state index in [1.54, 1.807) is 6.07 Å². The van der Waals surface area contributed by atoms with Crippen LogP contribution in [-0.2, 0) is 0 Å². The Balaban J connectivity index is 2.04. The quantitative estimate of drug-likeness (QED) is 0.847. The first-order chi connectivity index (χ1) is 8.50. The number of anilines is 1. The van der Waals surface area contributed by atoms with Gasteiger partial charge >= 0.3 is 5.97 Å². The van der Waals surface area contributed by atoms with Crippen LogP contribution in [0.25, 0.3) is 0 Å². The van der Waals surface area contributed by atoms with Crippen molar-refractivity contribution in [3.05, 3.63) is 24.0 Å². The minimum atomic E-state index is -1.03. The fraction of sp³-hybridized carbons (Fsp3) is 0.538. The summed E-state index contributed by atoms with van der Waals surface area (Å²) < 4.78 is 0. The average molecular weight is 250 g/mol. The predicted molar refractivity (Wildman–Crippen MR) is 67.9 cm³/mol. The molecule has 1 saturated carbocycles. The Bertz CT molecular complexity index is 424. The number of hydrogen-bond donors (Lipinski definition) is 2. The molecule has 0 atom stereocenters. The normalized spacial score (nSPS) is 17.7. The van der Waals surface area contributed by atoms with Gasteiger partial charge in [-0.1, -0.05) is 12.8 Å². The topological polar surface area (TPSA) is 73.7 Å². The third kappa shape index (κ3) is 2.79. The van der Waals surface area contributed by atoms with E-state index in [-0.39, 0.29) is 5.69 Å². The van der Waals surface area contributed by atoms with E-state index in [0.29, 0.717) is 6.54 Å². The molecule has 1 fully saturated rings. The van der Waals surface area contributed by atoms with Crippen molar-refractivity contribution >= 4 is 11.7 Å². The smallest absolute Gasteiger partial charge is 0.354 e. The van der Waals surface area contributed by atoms with E-state index in [0.717, 1.165) is 31.4 Å². The molecule has 98 valence electrons. The molecule has 18 heavy (non-hydrogen) atoms. The Morgan fingerprint density at radius 1 is 1.44 bits per heavy atom. The van der Waals surface area contributed by atoms with Crippen LogP contribution in [0.4, 0.5) is 5.69 Å². The highest BCUT2D eigenvalue weighted by molar-refractivity contribution is 5.85. The molecule has 0 aromatic carbocycles. The van der Waals surface area contributed by atoms with Gasteiger partial charge in [-0.15, -0.1) is 0 Å². The zero-order valence-electron chi connectivity index (χ0n) is 10.5. The second-order valence-electron chi connectivity index (χ2n) is 4.99. The van der Waals surface area contributed by atoms with Crippen molar-refractivity contribution in [2.45, 2.75) is 31.3 Å². The van der Waals surface area contributed by atoms with Gasteiger partial charge in [0.25, 0.3) is 0 Å². The first-order valence-electron chi connectivity index (χ1n) is 6.13. The SMILES string of the molecule is CN(CC1(O)CCCC1)c1ccc(C(=O)O)nc1. The monoisotopic (exact) mass is 250 g/mol. The lowest BCUT2D eigenvalue weighted by atomic mass is 10.0. The van der Waals surface area contributed by atoms with Gasteiger partial charge in [-0.2, -0.15) is 0 Å². The number of hydrogen-bond acceptors (Lipinski definition) is 4. The van der Waals surface area contributed by atoms with Crippen LogP contribution in [0.3, 0.4) is 0 Å². The van der Waals surface area contributed by atoms with Gasteiger partial charge in [-0.05, 0) is 25.0 Å². The summed E-state index contributed by atoms with van der Waals surface area (Å²) >= 11 is 0. The van der Waals surface area contributed by atoms with E-state index < -0.39 is 11.6 Å². The summed E-state index contributed by atoms with van der Waals surface area (Å²) in [5, 5.41) is 19.1. The molecule has 0 saturated heterocycles. The summed E-state index contributed by atoms with van der Waals surface area (Å²) in [6.45, 7) is 0.557. The molecule has 1 aliphatic carbocycles. The highest BCUT2D eigenvalue weighted by Crippen LogP contribution is 2.30. The van der Waals surface area contributed by atoms with Gasteiger partial charge in [0.15, 0.2) is 0 Å². The van der Waals surface area contributed by atoms with Crippen LogP contribution in [-0.4, -0.2) is 40.4 Å². The average Bonchev–Trinajstić information content (AvgIpc) is 2.76. The number of aromatic carboxylic acids is 1. The summed E-state index contributed by atoms with van der Waals surface area (Å²) in [5.41, 5.74) is 0.243. The van der Waals surface area contributed by atoms with E-state index in [4.69, 9.17) is 5.11 Å². The van der Waals surface area contributed by atoms with Crippen molar-refractivity contribution < 1.29 is 15.0 Å². The van der Waals surface area contributed by atoms with Gasteiger partial charge < -0.3 is 15.1 Å².